The number of rotatable bonds is 6. The lowest BCUT2D eigenvalue weighted by Crippen LogP contribution is -2.47. The van der Waals surface area contributed by atoms with Crippen LogP contribution >= 0.6 is 0 Å². The van der Waals surface area contributed by atoms with Crippen LogP contribution in [0.4, 0.5) is 11.5 Å². The highest BCUT2D eigenvalue weighted by molar-refractivity contribution is 6.04. The van der Waals surface area contributed by atoms with Gasteiger partial charge in [0.25, 0.3) is 5.91 Å². The summed E-state index contributed by atoms with van der Waals surface area (Å²) in [5, 5.41) is 2.92. The van der Waals surface area contributed by atoms with E-state index in [0.29, 0.717) is 5.56 Å². The predicted octanol–water partition coefficient (Wildman–Crippen LogP) is 3.81. The van der Waals surface area contributed by atoms with Gasteiger partial charge in [0.15, 0.2) is 0 Å². The molecule has 2 heterocycles. The van der Waals surface area contributed by atoms with Crippen LogP contribution in [-0.4, -0.2) is 48.5 Å². The Labute approximate surface area is 162 Å². The Kier molecular flexibility index (Phi) is 6.45. The molecule has 5 nitrogen and oxygen atoms in total. The number of pyridine rings is 1. The zero-order valence-corrected chi connectivity index (χ0v) is 16.6. The van der Waals surface area contributed by atoms with Gasteiger partial charge in [0.05, 0.1) is 11.9 Å². The maximum absolute atomic E-state index is 12.3. The molecule has 27 heavy (non-hydrogen) atoms. The van der Waals surface area contributed by atoms with Crippen molar-refractivity contribution in [3.63, 3.8) is 0 Å². The molecule has 1 N–H and O–H groups in total. The fraction of sp³-hybridized carbons (Fsp3) is 0.455. The number of carbonyl (C=O) groups is 1. The standard InChI is InChI=1S/C22H30N4O/c1-17(2)9-10-25-11-13-26(14-12-25)21-8-7-20(16-23-21)24-22(27)19-6-4-5-18(3)15-19/h4-8,15-17H,9-14H2,1-3H3,(H,24,27). The van der Waals surface area contributed by atoms with Gasteiger partial charge in [-0.05, 0) is 50.1 Å². The van der Waals surface area contributed by atoms with E-state index in [1.54, 1.807) is 6.20 Å². The fourth-order valence-corrected chi connectivity index (χ4v) is 3.28. The summed E-state index contributed by atoms with van der Waals surface area (Å²) in [6.07, 6.45) is 3.00. The quantitative estimate of drug-likeness (QED) is 0.845. The van der Waals surface area contributed by atoms with E-state index in [0.717, 1.165) is 49.2 Å². The molecule has 1 aromatic carbocycles. The largest absolute Gasteiger partial charge is 0.354 e. The molecule has 2 aromatic rings. The van der Waals surface area contributed by atoms with E-state index in [2.05, 4.69) is 33.9 Å². The molecule has 0 radical (unpaired) electrons. The Morgan fingerprint density at radius 1 is 1.15 bits per heavy atom. The van der Waals surface area contributed by atoms with Crippen LogP contribution in [0, 0.1) is 12.8 Å². The van der Waals surface area contributed by atoms with Gasteiger partial charge in [-0.15, -0.1) is 0 Å². The third kappa shape index (κ3) is 5.54. The molecule has 3 rings (SSSR count). The van der Waals surface area contributed by atoms with Crippen molar-refractivity contribution >= 4 is 17.4 Å². The first-order chi connectivity index (χ1) is 13.0. The average molecular weight is 367 g/mol. The lowest BCUT2D eigenvalue weighted by Gasteiger charge is -2.35. The summed E-state index contributed by atoms with van der Waals surface area (Å²) in [6, 6.07) is 11.5. The Morgan fingerprint density at radius 3 is 2.56 bits per heavy atom. The summed E-state index contributed by atoms with van der Waals surface area (Å²) in [5.74, 6) is 1.63. The monoisotopic (exact) mass is 366 g/mol. The molecule has 0 saturated carbocycles. The minimum Gasteiger partial charge on any atom is -0.354 e. The highest BCUT2D eigenvalue weighted by Gasteiger charge is 2.18. The zero-order valence-electron chi connectivity index (χ0n) is 16.6. The SMILES string of the molecule is Cc1cccc(C(=O)Nc2ccc(N3CCN(CCC(C)C)CC3)nc2)c1. The summed E-state index contributed by atoms with van der Waals surface area (Å²) in [5.41, 5.74) is 2.46. The number of aromatic nitrogens is 1. The first-order valence-electron chi connectivity index (χ1n) is 9.82. The lowest BCUT2D eigenvalue weighted by atomic mass is 10.1. The van der Waals surface area contributed by atoms with Crippen molar-refractivity contribution in [1.82, 2.24) is 9.88 Å². The van der Waals surface area contributed by atoms with E-state index < -0.39 is 0 Å². The van der Waals surface area contributed by atoms with Crippen molar-refractivity contribution in [3.8, 4) is 0 Å². The van der Waals surface area contributed by atoms with Gasteiger partial charge >= 0.3 is 0 Å². The summed E-state index contributed by atoms with van der Waals surface area (Å²) in [4.78, 5) is 21.8. The van der Waals surface area contributed by atoms with Crippen LogP contribution in [-0.2, 0) is 0 Å². The number of aryl methyl sites for hydroxylation is 1. The Hall–Kier alpha value is -2.40. The minimum absolute atomic E-state index is 0.105. The molecule has 0 spiro atoms. The number of piperazine rings is 1. The molecule has 1 saturated heterocycles. The minimum atomic E-state index is -0.105. The van der Waals surface area contributed by atoms with Gasteiger partial charge in [0.2, 0.25) is 0 Å². The number of amides is 1. The van der Waals surface area contributed by atoms with Crippen molar-refractivity contribution in [1.29, 1.82) is 0 Å². The van der Waals surface area contributed by atoms with Gasteiger partial charge in [-0.2, -0.15) is 0 Å². The molecule has 1 aromatic heterocycles. The summed E-state index contributed by atoms with van der Waals surface area (Å²) >= 11 is 0. The summed E-state index contributed by atoms with van der Waals surface area (Å²) in [7, 11) is 0. The molecule has 0 unspecified atom stereocenters. The van der Waals surface area contributed by atoms with E-state index in [-0.39, 0.29) is 5.91 Å². The van der Waals surface area contributed by atoms with Crippen molar-refractivity contribution in [2.24, 2.45) is 5.92 Å². The topological polar surface area (TPSA) is 48.5 Å². The van der Waals surface area contributed by atoms with Crippen molar-refractivity contribution in [3.05, 3.63) is 53.7 Å². The second-order valence-electron chi connectivity index (χ2n) is 7.74. The van der Waals surface area contributed by atoms with E-state index >= 15 is 0 Å². The molecular formula is C22H30N4O. The van der Waals surface area contributed by atoms with Crippen LogP contribution < -0.4 is 10.2 Å². The van der Waals surface area contributed by atoms with Gasteiger partial charge in [0.1, 0.15) is 5.82 Å². The average Bonchev–Trinajstić information content (AvgIpc) is 2.67. The number of anilines is 2. The summed E-state index contributed by atoms with van der Waals surface area (Å²) < 4.78 is 0. The number of hydrogen-bond acceptors (Lipinski definition) is 4. The second kappa shape index (κ2) is 9.00. The van der Waals surface area contributed by atoms with Gasteiger partial charge in [-0.25, -0.2) is 4.98 Å². The normalized spacial score (nSPS) is 15.2. The van der Waals surface area contributed by atoms with Crippen LogP contribution in [0.1, 0.15) is 36.2 Å². The Morgan fingerprint density at radius 2 is 1.93 bits per heavy atom. The number of hydrogen-bond donors (Lipinski definition) is 1. The maximum atomic E-state index is 12.3. The van der Waals surface area contributed by atoms with Crippen molar-refractivity contribution in [2.45, 2.75) is 27.2 Å². The lowest BCUT2D eigenvalue weighted by molar-refractivity contribution is 0.102. The highest BCUT2D eigenvalue weighted by atomic mass is 16.1. The fourth-order valence-electron chi connectivity index (χ4n) is 3.28. The summed E-state index contributed by atoms with van der Waals surface area (Å²) in [6.45, 7) is 11.9. The van der Waals surface area contributed by atoms with Crippen molar-refractivity contribution in [2.75, 3.05) is 42.9 Å². The first-order valence-corrected chi connectivity index (χ1v) is 9.82. The molecule has 0 atom stereocenters. The van der Waals surface area contributed by atoms with Gasteiger partial charge in [-0.1, -0.05) is 31.5 Å². The van der Waals surface area contributed by atoms with Gasteiger partial charge in [-0.3, -0.25) is 9.69 Å². The number of benzene rings is 1. The molecule has 0 bridgehead atoms. The van der Waals surface area contributed by atoms with Crippen LogP contribution in [0.5, 0.6) is 0 Å². The van der Waals surface area contributed by atoms with E-state index in [1.807, 2.05) is 43.3 Å². The molecule has 1 aliphatic rings. The predicted molar refractivity (Wildman–Crippen MR) is 111 cm³/mol. The smallest absolute Gasteiger partial charge is 0.255 e. The van der Waals surface area contributed by atoms with Gasteiger partial charge < -0.3 is 10.2 Å². The van der Waals surface area contributed by atoms with E-state index in [9.17, 15) is 4.79 Å². The number of nitrogens with zero attached hydrogens (tertiary/aromatic N) is 3. The Bertz CT molecular complexity index is 749. The zero-order chi connectivity index (χ0) is 19.2. The molecule has 1 aliphatic heterocycles. The third-order valence-corrected chi connectivity index (χ3v) is 5.00. The van der Waals surface area contributed by atoms with Crippen LogP contribution in [0.15, 0.2) is 42.6 Å². The van der Waals surface area contributed by atoms with Crippen molar-refractivity contribution < 1.29 is 4.79 Å². The first kappa shape index (κ1) is 19.4. The second-order valence-corrected chi connectivity index (χ2v) is 7.74. The molecule has 1 fully saturated rings. The van der Waals surface area contributed by atoms with E-state index in [4.69, 9.17) is 0 Å². The number of nitrogens with one attached hydrogen (secondary N) is 1. The number of carbonyl (C=O) groups excluding carboxylic acids is 1. The molecule has 1 amide bonds. The molecular weight excluding hydrogens is 336 g/mol. The van der Waals surface area contributed by atoms with Crippen LogP contribution in [0.25, 0.3) is 0 Å². The molecule has 5 heteroatoms. The molecule has 144 valence electrons. The van der Waals surface area contributed by atoms with E-state index in [1.165, 1.54) is 13.0 Å². The Balaban J connectivity index is 1.53. The van der Waals surface area contributed by atoms with Crippen LogP contribution in [0.3, 0.4) is 0 Å². The van der Waals surface area contributed by atoms with Crippen LogP contribution in [0.2, 0.25) is 0 Å². The highest BCUT2D eigenvalue weighted by Crippen LogP contribution is 2.17. The molecule has 0 aliphatic carbocycles. The van der Waals surface area contributed by atoms with Gasteiger partial charge in [0, 0.05) is 31.7 Å². The third-order valence-electron chi connectivity index (χ3n) is 5.00. The maximum Gasteiger partial charge on any atom is 0.255 e.